The summed E-state index contributed by atoms with van der Waals surface area (Å²) in [5.41, 5.74) is 1.07. The van der Waals surface area contributed by atoms with E-state index in [1.165, 1.54) is 48.5 Å². The Bertz CT molecular complexity index is 1430. The topological polar surface area (TPSA) is 146 Å². The number of carbonyl (C=O) groups excluding carboxylic acids is 1. The van der Waals surface area contributed by atoms with Gasteiger partial charge in [-0.05, 0) is 66.6 Å². The minimum absolute atomic E-state index is 0.0151. The van der Waals surface area contributed by atoms with Gasteiger partial charge in [-0.15, -0.1) is 0 Å². The highest BCUT2D eigenvalue weighted by molar-refractivity contribution is 6.32. The summed E-state index contributed by atoms with van der Waals surface area (Å²) < 4.78 is 11.5. The number of aromatic carboxylic acids is 2. The first-order valence-electron chi connectivity index (χ1n) is 10.9. The van der Waals surface area contributed by atoms with E-state index >= 15 is 0 Å². The summed E-state index contributed by atoms with van der Waals surface area (Å²) in [6.45, 7) is 2.06. The Morgan fingerprint density at radius 1 is 1.00 bits per heavy atom. The largest absolute Gasteiger partial charge is 0.490 e. The maximum atomic E-state index is 12.6. The van der Waals surface area contributed by atoms with Crippen LogP contribution in [0.3, 0.4) is 0 Å². The van der Waals surface area contributed by atoms with Crippen molar-refractivity contribution in [2.24, 2.45) is 0 Å². The number of carboxylic acids is 2. The molecule has 0 aliphatic rings. The average Bonchev–Trinajstić information content (AvgIpc) is 2.87. The first kappa shape index (κ1) is 26.8. The normalized spacial score (nSPS) is 10.8. The number of amides is 1. The molecule has 0 unspecified atom stereocenters. The van der Waals surface area contributed by atoms with Gasteiger partial charge in [0.1, 0.15) is 18.2 Å². The first-order valence-corrected chi connectivity index (χ1v) is 11.3. The third-order valence-electron chi connectivity index (χ3n) is 4.93. The van der Waals surface area contributed by atoms with E-state index in [0.717, 1.165) is 0 Å². The van der Waals surface area contributed by atoms with Crippen molar-refractivity contribution in [3.63, 3.8) is 0 Å². The molecule has 0 radical (unpaired) electrons. The quantitative estimate of drug-likeness (QED) is 0.242. The maximum Gasteiger partial charge on any atom is 0.335 e. The summed E-state index contributed by atoms with van der Waals surface area (Å²) in [6.07, 6.45) is 1.31. The number of hydrogen-bond acceptors (Lipinski definition) is 6. The van der Waals surface area contributed by atoms with Crippen LogP contribution in [-0.4, -0.2) is 34.7 Å². The molecule has 0 atom stereocenters. The molecule has 3 aromatic rings. The molecule has 0 bridgehead atoms. The molecule has 0 fully saturated rings. The molecule has 10 heteroatoms. The van der Waals surface area contributed by atoms with Gasteiger partial charge >= 0.3 is 11.9 Å². The van der Waals surface area contributed by atoms with E-state index in [-0.39, 0.29) is 52.1 Å². The predicted octanol–water partition coefficient (Wildman–Crippen LogP) is 5.26. The third-order valence-corrected chi connectivity index (χ3v) is 5.21. The molecule has 37 heavy (non-hydrogen) atoms. The highest BCUT2D eigenvalue weighted by atomic mass is 35.5. The number of hydrogen-bond donors (Lipinski definition) is 3. The van der Waals surface area contributed by atoms with Crippen LogP contribution in [0.4, 0.5) is 5.69 Å². The van der Waals surface area contributed by atoms with E-state index in [0.29, 0.717) is 11.1 Å². The average molecular weight is 521 g/mol. The predicted molar refractivity (Wildman–Crippen MR) is 136 cm³/mol. The monoisotopic (exact) mass is 520 g/mol. The smallest absolute Gasteiger partial charge is 0.335 e. The van der Waals surface area contributed by atoms with Gasteiger partial charge in [-0.25, -0.2) is 9.59 Å². The van der Waals surface area contributed by atoms with Gasteiger partial charge in [0.15, 0.2) is 11.5 Å². The number of carboxylic acid groups (broad SMARTS) is 2. The maximum absolute atomic E-state index is 12.6. The molecule has 1 amide bonds. The van der Waals surface area contributed by atoms with Crippen molar-refractivity contribution in [1.29, 1.82) is 5.26 Å². The van der Waals surface area contributed by atoms with Gasteiger partial charge in [0.2, 0.25) is 0 Å². The number of carbonyl (C=O) groups is 3. The fourth-order valence-electron chi connectivity index (χ4n) is 3.27. The number of ether oxygens (including phenoxy) is 2. The van der Waals surface area contributed by atoms with Crippen LogP contribution in [0, 0.1) is 11.3 Å². The van der Waals surface area contributed by atoms with Crippen molar-refractivity contribution >= 4 is 41.2 Å². The summed E-state index contributed by atoms with van der Waals surface area (Å²) in [7, 11) is 0. The van der Waals surface area contributed by atoms with Gasteiger partial charge in [-0.1, -0.05) is 29.8 Å². The standard InChI is InChI=1S/C27H21ClN2O7/c1-2-36-23-12-17(10-20(14-29)25(31)30-21-8-4-7-19(13-21)27(34)35)11-22(28)24(23)37-15-16-5-3-6-18(9-16)26(32)33/h3-13H,2,15H2,1H3,(H,30,31)(H,32,33)(H,34,35)/b20-10-. The van der Waals surface area contributed by atoms with Crippen LogP contribution in [0.15, 0.2) is 66.2 Å². The number of benzene rings is 3. The highest BCUT2D eigenvalue weighted by Gasteiger charge is 2.16. The molecular weight excluding hydrogens is 500 g/mol. The van der Waals surface area contributed by atoms with Gasteiger partial charge in [0.25, 0.3) is 5.91 Å². The fraction of sp³-hybridized carbons (Fsp3) is 0.111. The van der Waals surface area contributed by atoms with E-state index in [1.807, 2.05) is 6.07 Å². The van der Waals surface area contributed by atoms with Gasteiger partial charge < -0.3 is 25.0 Å². The molecule has 3 rings (SSSR count). The Morgan fingerprint density at radius 3 is 2.32 bits per heavy atom. The van der Waals surface area contributed by atoms with E-state index in [9.17, 15) is 19.6 Å². The molecule has 0 saturated heterocycles. The number of anilines is 1. The van der Waals surface area contributed by atoms with Crippen LogP contribution in [-0.2, 0) is 11.4 Å². The Balaban J connectivity index is 1.85. The second-order valence-corrected chi connectivity index (χ2v) is 7.97. The van der Waals surface area contributed by atoms with Crippen molar-refractivity contribution in [3.8, 4) is 17.6 Å². The van der Waals surface area contributed by atoms with Crippen molar-refractivity contribution in [2.45, 2.75) is 13.5 Å². The van der Waals surface area contributed by atoms with Crippen LogP contribution in [0.1, 0.15) is 38.8 Å². The lowest BCUT2D eigenvalue weighted by atomic mass is 10.1. The highest BCUT2D eigenvalue weighted by Crippen LogP contribution is 2.38. The zero-order valence-electron chi connectivity index (χ0n) is 19.5. The van der Waals surface area contributed by atoms with Gasteiger partial charge in [-0.2, -0.15) is 5.26 Å². The van der Waals surface area contributed by atoms with E-state index < -0.39 is 17.8 Å². The van der Waals surface area contributed by atoms with E-state index in [1.54, 1.807) is 25.1 Å². The molecule has 9 nitrogen and oxygen atoms in total. The van der Waals surface area contributed by atoms with Gasteiger partial charge in [0.05, 0.1) is 22.8 Å². The third kappa shape index (κ3) is 7.10. The lowest BCUT2D eigenvalue weighted by Crippen LogP contribution is -2.14. The second-order valence-electron chi connectivity index (χ2n) is 7.57. The Hall–Kier alpha value is -4.81. The van der Waals surface area contributed by atoms with Crippen molar-refractivity contribution < 1.29 is 34.1 Å². The molecule has 0 spiro atoms. The summed E-state index contributed by atoms with van der Waals surface area (Å²) in [5.74, 6) is -2.46. The molecule has 3 N–H and O–H groups in total. The van der Waals surface area contributed by atoms with Crippen molar-refractivity contribution in [2.75, 3.05) is 11.9 Å². The lowest BCUT2D eigenvalue weighted by Gasteiger charge is -2.15. The lowest BCUT2D eigenvalue weighted by molar-refractivity contribution is -0.112. The molecule has 0 aromatic heterocycles. The van der Waals surface area contributed by atoms with Crippen LogP contribution in [0.2, 0.25) is 5.02 Å². The molecule has 188 valence electrons. The fourth-order valence-corrected chi connectivity index (χ4v) is 3.54. The summed E-state index contributed by atoms with van der Waals surface area (Å²) in [6, 6.07) is 16.8. The summed E-state index contributed by atoms with van der Waals surface area (Å²) in [5, 5.41) is 30.5. The first-order chi connectivity index (χ1) is 17.7. The molecular formula is C27H21ClN2O7. The number of nitrogens with zero attached hydrogens (tertiary/aromatic N) is 1. The van der Waals surface area contributed by atoms with Crippen molar-refractivity contribution in [3.05, 3.63) is 93.5 Å². The van der Waals surface area contributed by atoms with Crippen LogP contribution >= 0.6 is 11.6 Å². The van der Waals surface area contributed by atoms with Crippen LogP contribution in [0.25, 0.3) is 6.08 Å². The van der Waals surface area contributed by atoms with Crippen molar-refractivity contribution in [1.82, 2.24) is 0 Å². The number of nitrogens with one attached hydrogen (secondary N) is 1. The molecule has 0 heterocycles. The van der Waals surface area contributed by atoms with Gasteiger partial charge in [-0.3, -0.25) is 4.79 Å². The zero-order valence-corrected chi connectivity index (χ0v) is 20.3. The number of nitriles is 1. The number of rotatable bonds is 10. The van der Waals surface area contributed by atoms with Crippen LogP contribution < -0.4 is 14.8 Å². The summed E-state index contributed by atoms with van der Waals surface area (Å²) >= 11 is 6.43. The second kappa shape index (κ2) is 12.2. The zero-order chi connectivity index (χ0) is 26.9. The SMILES string of the molecule is CCOc1cc(/C=C(/C#N)C(=O)Nc2cccc(C(=O)O)c2)cc(Cl)c1OCc1cccc(C(=O)O)c1. The Labute approximate surface area is 217 Å². The molecule has 0 aliphatic carbocycles. The minimum Gasteiger partial charge on any atom is -0.490 e. The molecule has 0 saturated carbocycles. The Kier molecular flexibility index (Phi) is 8.86. The molecule has 3 aromatic carbocycles. The number of halogens is 1. The molecule has 0 aliphatic heterocycles. The Morgan fingerprint density at radius 2 is 1.68 bits per heavy atom. The van der Waals surface area contributed by atoms with E-state index in [2.05, 4.69) is 5.32 Å². The summed E-state index contributed by atoms with van der Waals surface area (Å²) in [4.78, 5) is 35.0. The van der Waals surface area contributed by atoms with E-state index in [4.69, 9.17) is 31.3 Å². The van der Waals surface area contributed by atoms with Crippen LogP contribution in [0.5, 0.6) is 11.5 Å². The minimum atomic E-state index is -1.15. The van der Waals surface area contributed by atoms with Gasteiger partial charge in [0, 0.05) is 5.69 Å².